The molecule has 17 heavy (non-hydrogen) atoms. The van der Waals surface area contributed by atoms with Gasteiger partial charge in [-0.05, 0) is 19.4 Å². The maximum Gasteiger partial charge on any atom is 0.317 e. The smallest absolute Gasteiger partial charge is 0.317 e. The number of hydrogen-bond donors (Lipinski definition) is 2. The van der Waals surface area contributed by atoms with Crippen molar-refractivity contribution in [3.05, 3.63) is 35.9 Å². The van der Waals surface area contributed by atoms with Crippen LogP contribution in [0.25, 0.3) is 0 Å². The van der Waals surface area contributed by atoms with Crippen LogP contribution in [-0.4, -0.2) is 36.2 Å². The van der Waals surface area contributed by atoms with Gasteiger partial charge in [0.05, 0.1) is 12.1 Å². The molecule has 4 nitrogen and oxygen atoms in total. The minimum absolute atomic E-state index is 0.139. The van der Waals surface area contributed by atoms with E-state index in [-0.39, 0.29) is 12.6 Å². The van der Waals surface area contributed by atoms with E-state index >= 15 is 0 Å². The van der Waals surface area contributed by atoms with Crippen LogP contribution in [0.3, 0.4) is 0 Å². The summed E-state index contributed by atoms with van der Waals surface area (Å²) in [4.78, 5) is 13.4. The highest BCUT2D eigenvalue weighted by molar-refractivity contribution is 5.75. The average Bonchev–Trinajstić information content (AvgIpc) is 2.38. The van der Waals surface area contributed by atoms with Crippen molar-refractivity contribution in [2.75, 3.05) is 20.2 Å². The summed E-state index contributed by atoms with van der Waals surface area (Å²) in [6.07, 6.45) is 0. The Hall–Kier alpha value is -1.55. The lowest BCUT2D eigenvalue weighted by Gasteiger charge is -2.31. The zero-order chi connectivity index (χ0) is 12.9. The molecule has 2 N–H and O–H groups in total. The fourth-order valence-corrected chi connectivity index (χ4v) is 1.48. The SMILES string of the molecule is CCN(C)C(=O)NC(C)(CO)c1ccccc1. The molecule has 4 heteroatoms. The predicted octanol–water partition coefficient (Wildman–Crippen LogP) is 1.56. The van der Waals surface area contributed by atoms with Gasteiger partial charge in [-0.25, -0.2) is 4.79 Å². The summed E-state index contributed by atoms with van der Waals surface area (Å²) < 4.78 is 0. The third-order valence-corrected chi connectivity index (χ3v) is 2.93. The van der Waals surface area contributed by atoms with E-state index in [9.17, 15) is 9.90 Å². The van der Waals surface area contributed by atoms with Crippen LogP contribution in [0.15, 0.2) is 30.3 Å². The summed E-state index contributed by atoms with van der Waals surface area (Å²) in [6.45, 7) is 4.20. The van der Waals surface area contributed by atoms with Crippen LogP contribution in [-0.2, 0) is 5.54 Å². The Morgan fingerprint density at radius 2 is 2.00 bits per heavy atom. The summed E-state index contributed by atoms with van der Waals surface area (Å²) in [5.41, 5.74) is 0.141. The number of amides is 2. The molecule has 1 unspecified atom stereocenters. The summed E-state index contributed by atoms with van der Waals surface area (Å²) in [5.74, 6) is 0. The van der Waals surface area contributed by atoms with E-state index in [1.165, 1.54) is 0 Å². The first-order chi connectivity index (χ1) is 8.03. The first-order valence-corrected chi connectivity index (χ1v) is 5.73. The third-order valence-electron chi connectivity index (χ3n) is 2.93. The summed E-state index contributed by atoms with van der Waals surface area (Å²) >= 11 is 0. The zero-order valence-electron chi connectivity index (χ0n) is 10.6. The Morgan fingerprint density at radius 1 is 1.41 bits per heavy atom. The molecule has 0 spiro atoms. The number of carbonyl (C=O) groups excluding carboxylic acids is 1. The van der Waals surface area contributed by atoms with Gasteiger partial charge in [0.1, 0.15) is 0 Å². The maximum absolute atomic E-state index is 11.8. The van der Waals surface area contributed by atoms with Crippen LogP contribution < -0.4 is 5.32 Å². The van der Waals surface area contributed by atoms with Crippen molar-refractivity contribution in [2.24, 2.45) is 0 Å². The fraction of sp³-hybridized carbons (Fsp3) is 0.462. The Balaban J connectivity index is 2.87. The number of carbonyl (C=O) groups is 1. The van der Waals surface area contributed by atoms with Gasteiger partial charge in [0.25, 0.3) is 0 Å². The molecule has 0 bridgehead atoms. The van der Waals surface area contributed by atoms with Gasteiger partial charge in [-0.15, -0.1) is 0 Å². The predicted molar refractivity (Wildman–Crippen MR) is 67.7 cm³/mol. The second-order valence-electron chi connectivity index (χ2n) is 4.30. The number of hydrogen-bond acceptors (Lipinski definition) is 2. The molecule has 0 aliphatic heterocycles. The largest absolute Gasteiger partial charge is 0.394 e. The number of urea groups is 1. The van der Waals surface area contributed by atoms with Gasteiger partial charge >= 0.3 is 6.03 Å². The highest BCUT2D eigenvalue weighted by Crippen LogP contribution is 2.19. The molecule has 2 amide bonds. The Labute approximate surface area is 102 Å². The van der Waals surface area contributed by atoms with Crippen LogP contribution in [0.1, 0.15) is 19.4 Å². The van der Waals surface area contributed by atoms with Crippen LogP contribution in [0.4, 0.5) is 4.79 Å². The van der Waals surface area contributed by atoms with Crippen molar-refractivity contribution in [1.82, 2.24) is 10.2 Å². The molecule has 0 radical (unpaired) electrons. The summed E-state index contributed by atoms with van der Waals surface area (Å²) in [6, 6.07) is 9.28. The van der Waals surface area contributed by atoms with Crippen LogP contribution in [0.5, 0.6) is 0 Å². The first-order valence-electron chi connectivity index (χ1n) is 5.73. The number of nitrogens with zero attached hydrogens (tertiary/aromatic N) is 1. The summed E-state index contributed by atoms with van der Waals surface area (Å²) in [7, 11) is 1.72. The molecular weight excluding hydrogens is 216 g/mol. The molecule has 0 saturated carbocycles. The molecule has 1 atom stereocenters. The third kappa shape index (κ3) is 3.20. The van der Waals surface area contributed by atoms with Gasteiger partial charge in [-0.3, -0.25) is 0 Å². The van der Waals surface area contributed by atoms with Gasteiger partial charge in [0, 0.05) is 13.6 Å². The van der Waals surface area contributed by atoms with Crippen LogP contribution >= 0.6 is 0 Å². The standard InChI is InChI=1S/C13H20N2O2/c1-4-15(3)12(17)14-13(2,10-16)11-8-6-5-7-9-11/h5-9,16H,4,10H2,1-3H3,(H,14,17). The van der Waals surface area contributed by atoms with Gasteiger partial charge in [-0.1, -0.05) is 30.3 Å². The molecule has 1 aromatic rings. The topological polar surface area (TPSA) is 52.6 Å². The molecule has 0 saturated heterocycles. The Morgan fingerprint density at radius 3 is 2.47 bits per heavy atom. The number of rotatable bonds is 4. The lowest BCUT2D eigenvalue weighted by Crippen LogP contribution is -2.50. The molecule has 0 aliphatic rings. The van der Waals surface area contributed by atoms with E-state index in [1.54, 1.807) is 11.9 Å². The Kier molecular flexibility index (Phi) is 4.52. The second kappa shape index (κ2) is 5.68. The van der Waals surface area contributed by atoms with Gasteiger partial charge < -0.3 is 15.3 Å². The molecule has 0 aliphatic carbocycles. The highest BCUT2D eigenvalue weighted by Gasteiger charge is 2.28. The van der Waals surface area contributed by atoms with E-state index in [0.717, 1.165) is 5.56 Å². The molecule has 0 fully saturated rings. The van der Waals surface area contributed by atoms with Crippen LogP contribution in [0, 0.1) is 0 Å². The number of benzene rings is 1. The molecule has 0 aromatic heterocycles. The van der Waals surface area contributed by atoms with Crippen molar-refractivity contribution >= 4 is 6.03 Å². The number of aliphatic hydroxyl groups is 1. The van der Waals surface area contributed by atoms with E-state index < -0.39 is 5.54 Å². The van der Waals surface area contributed by atoms with Gasteiger partial charge in [0.15, 0.2) is 0 Å². The maximum atomic E-state index is 11.8. The van der Waals surface area contributed by atoms with Crippen molar-refractivity contribution in [3.8, 4) is 0 Å². The molecular formula is C13H20N2O2. The number of aliphatic hydroxyl groups excluding tert-OH is 1. The van der Waals surface area contributed by atoms with E-state index in [4.69, 9.17) is 0 Å². The zero-order valence-corrected chi connectivity index (χ0v) is 10.6. The first kappa shape index (κ1) is 13.5. The van der Waals surface area contributed by atoms with E-state index in [0.29, 0.717) is 6.54 Å². The van der Waals surface area contributed by atoms with Crippen molar-refractivity contribution in [1.29, 1.82) is 0 Å². The van der Waals surface area contributed by atoms with Crippen molar-refractivity contribution in [2.45, 2.75) is 19.4 Å². The molecule has 0 heterocycles. The van der Waals surface area contributed by atoms with Gasteiger partial charge in [0.2, 0.25) is 0 Å². The fourth-order valence-electron chi connectivity index (χ4n) is 1.48. The molecule has 94 valence electrons. The Bertz CT molecular complexity index is 367. The van der Waals surface area contributed by atoms with E-state index in [2.05, 4.69) is 5.32 Å². The number of nitrogens with one attached hydrogen (secondary N) is 1. The minimum atomic E-state index is -0.748. The minimum Gasteiger partial charge on any atom is -0.394 e. The highest BCUT2D eigenvalue weighted by atomic mass is 16.3. The lowest BCUT2D eigenvalue weighted by molar-refractivity contribution is 0.157. The second-order valence-corrected chi connectivity index (χ2v) is 4.30. The molecule has 1 aromatic carbocycles. The average molecular weight is 236 g/mol. The van der Waals surface area contributed by atoms with Crippen LogP contribution in [0.2, 0.25) is 0 Å². The quantitative estimate of drug-likeness (QED) is 0.833. The van der Waals surface area contributed by atoms with Crippen molar-refractivity contribution in [3.63, 3.8) is 0 Å². The monoisotopic (exact) mass is 236 g/mol. The summed E-state index contributed by atoms with van der Waals surface area (Å²) in [5, 5.41) is 12.4. The van der Waals surface area contributed by atoms with Gasteiger partial charge in [-0.2, -0.15) is 0 Å². The van der Waals surface area contributed by atoms with E-state index in [1.807, 2.05) is 44.2 Å². The molecule has 1 rings (SSSR count). The normalized spacial score (nSPS) is 13.9. The lowest BCUT2D eigenvalue weighted by atomic mass is 9.93. The van der Waals surface area contributed by atoms with Crippen molar-refractivity contribution < 1.29 is 9.90 Å².